The Morgan fingerprint density at radius 2 is 1.84 bits per heavy atom. The van der Waals surface area contributed by atoms with Crippen LogP contribution in [0.2, 0.25) is 0 Å². The summed E-state index contributed by atoms with van der Waals surface area (Å²) in [5.41, 5.74) is 5.84. The van der Waals surface area contributed by atoms with Gasteiger partial charge in [-0.25, -0.2) is 0 Å². The molecule has 1 aromatic carbocycles. The highest BCUT2D eigenvalue weighted by Crippen LogP contribution is 2.38. The molecule has 0 radical (unpaired) electrons. The van der Waals surface area contributed by atoms with E-state index in [4.69, 9.17) is 25.1 Å². The molecule has 1 aliphatic rings. The maximum atomic E-state index is 11.2. The van der Waals surface area contributed by atoms with Gasteiger partial charge >= 0.3 is 5.97 Å². The van der Waals surface area contributed by atoms with Crippen molar-refractivity contribution in [1.29, 1.82) is 0 Å². The number of carbonyl (C=O) groups is 1. The lowest BCUT2D eigenvalue weighted by Crippen LogP contribution is -2.61. The zero-order valence-electron chi connectivity index (χ0n) is 10.9. The zero-order valence-corrected chi connectivity index (χ0v) is 10.9. The quantitative estimate of drug-likeness (QED) is 0.801. The predicted octanol–water partition coefficient (Wildman–Crippen LogP) is 0.384. The molecule has 0 aromatic heterocycles. The van der Waals surface area contributed by atoms with Crippen LogP contribution in [-0.2, 0) is 14.9 Å². The fraction of sp³-hybridized carbons (Fsp3) is 0.462. The topological polar surface area (TPSA) is 91.0 Å². The standard InChI is InChI=1S/C13H17NO5/c1-17-9-3-8(4-10(5-9)18-2)13(6-19-7-13)11(14)12(15)16/h3-5,11H,6-7,14H2,1-2H3,(H,15,16). The molecule has 1 fully saturated rings. The highest BCUT2D eigenvalue weighted by molar-refractivity contribution is 5.76. The number of ether oxygens (including phenoxy) is 3. The molecule has 1 aliphatic heterocycles. The number of carboxylic acids is 1. The number of methoxy groups -OCH3 is 2. The number of carboxylic acid groups (broad SMARTS) is 1. The second-order valence-corrected chi connectivity index (χ2v) is 4.57. The van der Waals surface area contributed by atoms with Crippen LogP contribution in [0.5, 0.6) is 11.5 Å². The molecule has 19 heavy (non-hydrogen) atoms. The summed E-state index contributed by atoms with van der Waals surface area (Å²) in [6.07, 6.45) is 0. The summed E-state index contributed by atoms with van der Waals surface area (Å²) in [6.45, 7) is 0.549. The van der Waals surface area contributed by atoms with Crippen LogP contribution in [0, 0.1) is 0 Å². The third-order valence-electron chi connectivity index (χ3n) is 3.51. The van der Waals surface area contributed by atoms with Crippen molar-refractivity contribution < 1.29 is 24.1 Å². The first-order chi connectivity index (χ1) is 9.03. The maximum Gasteiger partial charge on any atom is 0.321 e. The van der Waals surface area contributed by atoms with E-state index >= 15 is 0 Å². The lowest BCUT2D eigenvalue weighted by Gasteiger charge is -2.44. The van der Waals surface area contributed by atoms with E-state index in [9.17, 15) is 4.79 Å². The third kappa shape index (κ3) is 2.24. The summed E-state index contributed by atoms with van der Waals surface area (Å²) < 4.78 is 15.6. The van der Waals surface area contributed by atoms with Crippen LogP contribution in [0.25, 0.3) is 0 Å². The molecular weight excluding hydrogens is 250 g/mol. The van der Waals surface area contributed by atoms with Crippen molar-refractivity contribution in [2.45, 2.75) is 11.5 Å². The lowest BCUT2D eigenvalue weighted by atomic mass is 9.72. The van der Waals surface area contributed by atoms with Crippen LogP contribution in [0.1, 0.15) is 5.56 Å². The van der Waals surface area contributed by atoms with Gasteiger partial charge in [-0.2, -0.15) is 0 Å². The Hall–Kier alpha value is -1.79. The van der Waals surface area contributed by atoms with Crippen molar-refractivity contribution in [3.05, 3.63) is 23.8 Å². The Labute approximate surface area is 111 Å². The lowest BCUT2D eigenvalue weighted by molar-refractivity contribution is -0.148. The molecule has 1 unspecified atom stereocenters. The zero-order chi connectivity index (χ0) is 14.0. The number of aliphatic carboxylic acids is 1. The van der Waals surface area contributed by atoms with Gasteiger partial charge in [-0.15, -0.1) is 0 Å². The van der Waals surface area contributed by atoms with Gasteiger partial charge in [0.1, 0.15) is 17.5 Å². The average Bonchev–Trinajstić information content (AvgIpc) is 2.36. The second kappa shape index (κ2) is 5.07. The smallest absolute Gasteiger partial charge is 0.321 e. The molecular formula is C13H17NO5. The maximum absolute atomic E-state index is 11.2. The van der Waals surface area contributed by atoms with Gasteiger partial charge < -0.3 is 25.1 Å². The van der Waals surface area contributed by atoms with E-state index in [1.807, 2.05) is 0 Å². The van der Waals surface area contributed by atoms with Crippen molar-refractivity contribution in [2.75, 3.05) is 27.4 Å². The van der Waals surface area contributed by atoms with Crippen molar-refractivity contribution in [2.24, 2.45) is 5.73 Å². The molecule has 6 heteroatoms. The Balaban J connectivity index is 2.46. The summed E-state index contributed by atoms with van der Waals surface area (Å²) in [5, 5.41) is 9.15. The van der Waals surface area contributed by atoms with Gasteiger partial charge in [-0.1, -0.05) is 0 Å². The van der Waals surface area contributed by atoms with Crippen LogP contribution in [0.4, 0.5) is 0 Å². The highest BCUT2D eigenvalue weighted by atomic mass is 16.5. The van der Waals surface area contributed by atoms with Crippen LogP contribution in [0.3, 0.4) is 0 Å². The molecule has 0 aliphatic carbocycles. The predicted molar refractivity (Wildman–Crippen MR) is 67.7 cm³/mol. The third-order valence-corrected chi connectivity index (χ3v) is 3.51. The first-order valence-electron chi connectivity index (χ1n) is 5.83. The van der Waals surface area contributed by atoms with Gasteiger partial charge in [0.2, 0.25) is 0 Å². The van der Waals surface area contributed by atoms with Gasteiger partial charge in [-0.3, -0.25) is 4.79 Å². The molecule has 3 N–H and O–H groups in total. The van der Waals surface area contributed by atoms with Gasteiger partial charge in [0.15, 0.2) is 0 Å². The van der Waals surface area contributed by atoms with Crippen molar-refractivity contribution >= 4 is 5.97 Å². The van der Waals surface area contributed by atoms with E-state index < -0.39 is 17.4 Å². The van der Waals surface area contributed by atoms with E-state index in [2.05, 4.69) is 0 Å². The number of hydrogen-bond donors (Lipinski definition) is 2. The van der Waals surface area contributed by atoms with Crippen molar-refractivity contribution in [3.63, 3.8) is 0 Å². The first-order valence-corrected chi connectivity index (χ1v) is 5.83. The van der Waals surface area contributed by atoms with Gasteiger partial charge in [0.05, 0.1) is 32.8 Å². The second-order valence-electron chi connectivity index (χ2n) is 4.57. The molecule has 1 atom stereocenters. The summed E-state index contributed by atoms with van der Waals surface area (Å²) in [5.74, 6) is 0.140. The van der Waals surface area contributed by atoms with E-state index in [0.717, 1.165) is 5.56 Å². The number of benzene rings is 1. The van der Waals surface area contributed by atoms with Crippen LogP contribution in [-0.4, -0.2) is 44.6 Å². The van der Waals surface area contributed by atoms with E-state index in [1.165, 1.54) is 0 Å². The first kappa shape index (κ1) is 13.6. The molecule has 1 heterocycles. The highest BCUT2D eigenvalue weighted by Gasteiger charge is 2.49. The summed E-state index contributed by atoms with van der Waals surface area (Å²) in [6, 6.07) is 4.24. The summed E-state index contributed by atoms with van der Waals surface area (Å²) in [7, 11) is 3.08. The Kier molecular flexibility index (Phi) is 3.64. The normalized spacial score (nSPS) is 18.3. The number of nitrogens with two attached hydrogens (primary N) is 1. The van der Waals surface area contributed by atoms with Gasteiger partial charge in [0.25, 0.3) is 0 Å². The molecule has 0 bridgehead atoms. The largest absolute Gasteiger partial charge is 0.497 e. The fourth-order valence-corrected chi connectivity index (χ4v) is 2.18. The minimum absolute atomic E-state index is 0.275. The summed E-state index contributed by atoms with van der Waals surface area (Å²) in [4.78, 5) is 11.2. The monoisotopic (exact) mass is 267 g/mol. The van der Waals surface area contributed by atoms with Crippen LogP contribution >= 0.6 is 0 Å². The number of hydrogen-bond acceptors (Lipinski definition) is 5. The molecule has 0 amide bonds. The summed E-state index contributed by atoms with van der Waals surface area (Å²) >= 11 is 0. The van der Waals surface area contributed by atoms with Crippen LogP contribution in [0.15, 0.2) is 18.2 Å². The van der Waals surface area contributed by atoms with Gasteiger partial charge in [-0.05, 0) is 17.7 Å². The van der Waals surface area contributed by atoms with Crippen LogP contribution < -0.4 is 15.2 Å². The Morgan fingerprint density at radius 1 is 1.32 bits per heavy atom. The van der Waals surface area contributed by atoms with E-state index in [1.54, 1.807) is 32.4 Å². The molecule has 1 aromatic rings. The number of rotatable bonds is 5. The Morgan fingerprint density at radius 3 is 2.16 bits per heavy atom. The minimum atomic E-state index is -1.05. The Bertz CT molecular complexity index is 462. The van der Waals surface area contributed by atoms with Crippen molar-refractivity contribution in [1.82, 2.24) is 0 Å². The van der Waals surface area contributed by atoms with E-state index in [-0.39, 0.29) is 13.2 Å². The minimum Gasteiger partial charge on any atom is -0.497 e. The molecule has 1 saturated heterocycles. The SMILES string of the molecule is COc1cc(OC)cc(C2(C(N)C(=O)O)COC2)c1. The molecule has 0 spiro atoms. The fourth-order valence-electron chi connectivity index (χ4n) is 2.18. The molecule has 2 rings (SSSR count). The van der Waals surface area contributed by atoms with Crippen molar-refractivity contribution in [3.8, 4) is 11.5 Å². The van der Waals surface area contributed by atoms with E-state index in [0.29, 0.717) is 11.5 Å². The molecule has 104 valence electrons. The molecule has 6 nitrogen and oxygen atoms in total. The average molecular weight is 267 g/mol. The van der Waals surface area contributed by atoms with Gasteiger partial charge in [0, 0.05) is 6.07 Å². The molecule has 0 saturated carbocycles.